The molecule has 0 aliphatic carbocycles. The molecule has 11 heterocycles. The van der Waals surface area contributed by atoms with E-state index in [9.17, 15) is 0 Å². The molecular formula is C130H113B2N7. The summed E-state index contributed by atoms with van der Waals surface area (Å²) in [6.07, 6.45) is 1.55. The Morgan fingerprint density at radius 3 is 1.31 bits per heavy atom. The zero-order chi connectivity index (χ0) is 94.6. The Kier molecular flexibility index (Phi) is 16.5. The van der Waals surface area contributed by atoms with Crippen molar-refractivity contribution in [3.8, 4) is 22.7 Å². The van der Waals surface area contributed by atoms with Crippen LogP contribution in [-0.2, 0) is 49.7 Å². The molecule has 17 aromatic carbocycles. The SMILES string of the molecule is CC(C)(C)c1ccc(N2c3cc4c5cc3B3c6cc7c8cc(cc9c8n(c7cc6C(C)(C)c6cccc2c63)-c2ccc(C(C)(C)C)cc2C9(C)C)C(C)(C)CC(C)(Cc2cc3c6c(c2)C(C)(C)c2cc7c(cc2B6c2cc6c8ccccc8n(-c8ccccc8)c6cc2N3c2ccccc2)c2cccc3c2n7-c2ccccc2N3c2ccccc2)c2ccc(c5c2)n4-c2ccc(C(C)(C)C)cc2)cc1. The second-order valence-corrected chi connectivity index (χ2v) is 47.4. The van der Waals surface area contributed by atoms with Gasteiger partial charge in [0.1, 0.15) is 0 Å². The third-order valence-corrected chi connectivity index (χ3v) is 34.5. The largest absolute Gasteiger partial charge is 0.311 e. The lowest BCUT2D eigenvalue weighted by molar-refractivity contribution is 0.323. The summed E-state index contributed by atoms with van der Waals surface area (Å²) >= 11 is 0. The zero-order valence-corrected chi connectivity index (χ0v) is 83.0. The molecule has 0 N–H and O–H groups in total. The molecule has 8 bridgehead atoms. The molecule has 674 valence electrons. The molecule has 1 unspecified atom stereocenters. The molecule has 4 aromatic heterocycles. The van der Waals surface area contributed by atoms with Crippen molar-refractivity contribution < 1.29 is 0 Å². The summed E-state index contributed by atoms with van der Waals surface area (Å²) in [5.74, 6) is 0. The van der Waals surface area contributed by atoms with Crippen LogP contribution in [-0.4, -0.2) is 31.7 Å². The van der Waals surface area contributed by atoms with Crippen molar-refractivity contribution in [2.24, 2.45) is 0 Å². The quantitative estimate of drug-likeness (QED) is 0.149. The van der Waals surface area contributed by atoms with Gasteiger partial charge in [0.15, 0.2) is 0 Å². The minimum Gasteiger partial charge on any atom is -0.311 e. The molecule has 0 saturated carbocycles. The summed E-state index contributed by atoms with van der Waals surface area (Å²) in [6, 6.07) is 133. The molecular weight excluding hydrogens is 1680 g/mol. The van der Waals surface area contributed by atoms with E-state index in [1.54, 1.807) is 0 Å². The van der Waals surface area contributed by atoms with Crippen molar-refractivity contribution in [3.63, 3.8) is 0 Å². The van der Waals surface area contributed by atoms with E-state index in [0.29, 0.717) is 0 Å². The van der Waals surface area contributed by atoms with Crippen LogP contribution in [0.2, 0.25) is 0 Å². The first-order valence-corrected chi connectivity index (χ1v) is 50.5. The molecule has 1 atom stereocenters. The predicted octanol–water partition coefficient (Wildman–Crippen LogP) is 29.4. The Morgan fingerprint density at radius 1 is 0.245 bits per heavy atom. The van der Waals surface area contributed by atoms with Crippen molar-refractivity contribution in [2.45, 2.75) is 181 Å². The smallest absolute Gasteiger partial charge is 0.247 e. The van der Waals surface area contributed by atoms with Crippen LogP contribution in [0.15, 0.2) is 334 Å². The van der Waals surface area contributed by atoms with Gasteiger partial charge in [0.2, 0.25) is 13.4 Å². The first kappa shape index (κ1) is 82.7. The number of aromatic nitrogens is 4. The lowest BCUT2D eigenvalue weighted by Crippen LogP contribution is -2.64. The van der Waals surface area contributed by atoms with E-state index in [1.807, 2.05) is 0 Å². The van der Waals surface area contributed by atoms with Crippen LogP contribution in [0.4, 0.5) is 51.2 Å². The minimum atomic E-state index is -0.555. The summed E-state index contributed by atoms with van der Waals surface area (Å²) in [6.45, 7) is 44.1. The van der Waals surface area contributed by atoms with Crippen molar-refractivity contribution in [1.29, 1.82) is 0 Å². The van der Waals surface area contributed by atoms with Crippen molar-refractivity contribution in [1.82, 2.24) is 18.3 Å². The topological polar surface area (TPSA) is 29.4 Å². The maximum Gasteiger partial charge on any atom is 0.247 e. The van der Waals surface area contributed by atoms with Crippen LogP contribution in [0.5, 0.6) is 0 Å². The highest BCUT2D eigenvalue weighted by atomic mass is 15.2. The van der Waals surface area contributed by atoms with Crippen LogP contribution in [0.3, 0.4) is 0 Å². The molecule has 7 aliphatic rings. The van der Waals surface area contributed by atoms with Gasteiger partial charge in [0.05, 0.1) is 66.9 Å². The number of hydrogen-bond donors (Lipinski definition) is 0. The molecule has 139 heavy (non-hydrogen) atoms. The van der Waals surface area contributed by atoms with Gasteiger partial charge in [-0.15, -0.1) is 0 Å². The summed E-state index contributed by atoms with van der Waals surface area (Å²) in [7, 11) is 0. The van der Waals surface area contributed by atoms with Crippen LogP contribution in [0.25, 0.3) is 110 Å². The van der Waals surface area contributed by atoms with Crippen LogP contribution >= 0.6 is 0 Å². The Bertz CT molecular complexity index is 9020. The molecule has 7 nitrogen and oxygen atoms in total. The lowest BCUT2D eigenvalue weighted by atomic mass is 9.30. The van der Waals surface area contributed by atoms with Gasteiger partial charge in [-0.3, -0.25) is 0 Å². The normalized spacial score (nSPS) is 16.9. The van der Waals surface area contributed by atoms with E-state index in [4.69, 9.17) is 0 Å². The van der Waals surface area contributed by atoms with Crippen molar-refractivity contribution in [2.75, 3.05) is 14.7 Å². The van der Waals surface area contributed by atoms with E-state index in [1.165, 1.54) is 227 Å². The highest BCUT2D eigenvalue weighted by Crippen LogP contribution is 2.58. The van der Waals surface area contributed by atoms with E-state index in [-0.39, 0.29) is 35.1 Å². The maximum absolute atomic E-state index is 2.74. The molecule has 0 amide bonds. The first-order valence-electron chi connectivity index (χ1n) is 50.5. The monoisotopic (exact) mass is 1790 g/mol. The predicted molar refractivity (Wildman–Crippen MR) is 591 cm³/mol. The number of fused-ring (bicyclic) bond motifs is 17. The van der Waals surface area contributed by atoms with Crippen LogP contribution in [0, 0.1) is 0 Å². The first-order chi connectivity index (χ1) is 66.7. The molecule has 0 saturated heterocycles. The summed E-state index contributed by atoms with van der Waals surface area (Å²) < 4.78 is 10.5. The third-order valence-electron chi connectivity index (χ3n) is 34.5. The molecule has 0 spiro atoms. The number of rotatable bonds is 7. The van der Waals surface area contributed by atoms with Gasteiger partial charge in [0, 0.05) is 111 Å². The summed E-state index contributed by atoms with van der Waals surface area (Å²) in [5, 5.41) is 10.2. The average Bonchev–Trinajstić information content (AvgIpc) is 1.65. The molecule has 0 radical (unpaired) electrons. The number of anilines is 9. The maximum atomic E-state index is 2.74. The van der Waals surface area contributed by atoms with Gasteiger partial charge in [-0.25, -0.2) is 0 Å². The molecule has 7 aliphatic heterocycles. The molecule has 9 heteroatoms. The lowest BCUT2D eigenvalue weighted by Gasteiger charge is -2.46. The van der Waals surface area contributed by atoms with E-state index < -0.39 is 21.7 Å². The van der Waals surface area contributed by atoms with Gasteiger partial charge in [0.25, 0.3) is 0 Å². The second-order valence-electron chi connectivity index (χ2n) is 47.4. The standard InChI is InChI=1S/C130H113B2N7/c1-123(2,3)77-48-54-85(55-49-77)134-106-58-53-80-62-89(106)92-69-104-116(73-115(92)134)136(86-56-50-78(51-57-86)124(4,5)6)110-46-33-42-95-119(110)131(104)102-67-93-94-63-81(65-100-121(94)138(113(93)70-96(102)127(95,12)13)107-59-52-79(125(7,8)9)64-98(107)129(100,16)17)126(10,11)75-130(80,18)74-76-60-99-120-118(61-76)137(84-38-26-21-27-39-84)117-72-114-90(87-40-28-29-43-105(87)133(114)82-34-22-19-23-35-82)68-103(117)132(120)101-66-91-88-41-32-47-111-122(88)139(112(91)71-97(101)128(99,14)15)109-45-31-30-44-108(109)135(111)83-36-24-20-25-37-83/h19-73H,74-75H2,1-18H3. The Labute approximate surface area is 815 Å². The molecule has 21 aromatic rings. The molecule has 28 rings (SSSR count). The third kappa shape index (κ3) is 11.2. The van der Waals surface area contributed by atoms with Crippen LogP contribution < -0.4 is 47.5 Å². The van der Waals surface area contributed by atoms with Crippen LogP contribution in [0.1, 0.15) is 198 Å². The highest BCUT2D eigenvalue weighted by Gasteiger charge is 2.52. The fourth-order valence-electron chi connectivity index (χ4n) is 27.6. The number of nitrogens with zero attached hydrogens (tertiary/aromatic N) is 7. The highest BCUT2D eigenvalue weighted by molar-refractivity contribution is 7.00. The number of hydrogen-bond acceptors (Lipinski definition) is 3. The van der Waals surface area contributed by atoms with Crippen molar-refractivity contribution >= 4 is 185 Å². The summed E-state index contributed by atoms with van der Waals surface area (Å²) in [5.41, 5.74) is 47.2. The second kappa shape index (κ2) is 27.7. The fraction of sp³-hybridized carbons (Fsp3) is 0.215. The van der Waals surface area contributed by atoms with Gasteiger partial charge in [-0.2, -0.15) is 0 Å². The Hall–Kier alpha value is -14.5. The number of benzene rings is 17. The van der Waals surface area contributed by atoms with Crippen molar-refractivity contribution in [3.05, 3.63) is 400 Å². The minimum absolute atomic E-state index is 0.0372. The van der Waals surface area contributed by atoms with E-state index in [0.717, 1.165) is 47.0 Å². The zero-order valence-electron chi connectivity index (χ0n) is 83.0. The molecule has 0 fully saturated rings. The Balaban J connectivity index is 0.735. The van der Waals surface area contributed by atoms with Gasteiger partial charge >= 0.3 is 0 Å². The van der Waals surface area contributed by atoms with E-state index in [2.05, 4.69) is 491 Å². The summed E-state index contributed by atoms with van der Waals surface area (Å²) in [4.78, 5) is 7.84. The Morgan fingerprint density at radius 2 is 0.683 bits per heavy atom. The van der Waals surface area contributed by atoms with Gasteiger partial charge in [-0.1, -0.05) is 324 Å². The van der Waals surface area contributed by atoms with Gasteiger partial charge < -0.3 is 33.0 Å². The number of para-hydroxylation sites is 7. The average molecular weight is 1800 g/mol. The fourth-order valence-corrected chi connectivity index (χ4v) is 27.6. The van der Waals surface area contributed by atoms with E-state index >= 15 is 0 Å². The van der Waals surface area contributed by atoms with Gasteiger partial charge in [-0.05, 0) is 274 Å².